The Morgan fingerprint density at radius 2 is 1.60 bits per heavy atom. The molecule has 1 aliphatic carbocycles. The van der Waals surface area contributed by atoms with Crippen molar-refractivity contribution >= 4 is 45.8 Å². The summed E-state index contributed by atoms with van der Waals surface area (Å²) < 4.78 is 0.363. The summed E-state index contributed by atoms with van der Waals surface area (Å²) in [5.41, 5.74) is 1.52. The number of ketones is 2. The summed E-state index contributed by atoms with van der Waals surface area (Å²) in [5.74, 6) is -0.677. The molecule has 1 aliphatic rings. The van der Waals surface area contributed by atoms with Crippen LogP contribution in [0.3, 0.4) is 0 Å². The second-order valence-electron chi connectivity index (χ2n) is 5.27. The zero-order chi connectivity index (χ0) is 17.6. The number of azo groups is 1. The molecular weight excluding hydrogens is 358 g/mol. The van der Waals surface area contributed by atoms with Crippen LogP contribution in [0.2, 0.25) is 0 Å². The lowest BCUT2D eigenvalue weighted by molar-refractivity contribution is 0.0979. The second kappa shape index (κ2) is 5.83. The van der Waals surface area contributed by atoms with E-state index in [9.17, 15) is 14.7 Å². The van der Waals surface area contributed by atoms with Crippen molar-refractivity contribution in [3.8, 4) is 5.88 Å². The van der Waals surface area contributed by atoms with Crippen molar-refractivity contribution in [1.29, 1.82) is 0 Å². The Balaban J connectivity index is 1.85. The Bertz CT molecular complexity index is 1130. The van der Waals surface area contributed by atoms with Gasteiger partial charge in [-0.1, -0.05) is 47.7 Å². The Morgan fingerprint density at radius 3 is 2.28 bits per heavy atom. The molecule has 2 aromatic carbocycles. The minimum atomic E-state index is -0.273. The van der Waals surface area contributed by atoms with Crippen molar-refractivity contribution in [2.45, 2.75) is 0 Å². The number of H-pyrrole nitrogens is 1. The molecule has 6 nitrogen and oxygen atoms in total. The Morgan fingerprint density at radius 1 is 0.920 bits per heavy atom. The SMILES string of the molecule is O=C1c2ccccc2C(=O)c2c(N=Nc3sc(=S)[nH]c3O)cccc21. The molecule has 0 amide bonds. The van der Waals surface area contributed by atoms with Gasteiger partial charge in [0.15, 0.2) is 15.5 Å². The summed E-state index contributed by atoms with van der Waals surface area (Å²) in [7, 11) is 0. The molecule has 2 N–H and O–H groups in total. The molecule has 0 spiro atoms. The molecule has 8 heteroatoms. The third-order valence-corrected chi connectivity index (χ3v) is 4.90. The first kappa shape index (κ1) is 15.6. The third-order valence-electron chi connectivity index (χ3n) is 3.79. The summed E-state index contributed by atoms with van der Waals surface area (Å²) in [4.78, 5) is 28.0. The van der Waals surface area contributed by atoms with E-state index in [1.54, 1.807) is 42.5 Å². The van der Waals surface area contributed by atoms with Crippen molar-refractivity contribution in [3.63, 3.8) is 0 Å². The predicted molar refractivity (Wildman–Crippen MR) is 95.1 cm³/mol. The van der Waals surface area contributed by atoms with Gasteiger partial charge < -0.3 is 10.1 Å². The lowest BCUT2D eigenvalue weighted by Gasteiger charge is -2.18. The summed E-state index contributed by atoms with van der Waals surface area (Å²) in [6.07, 6.45) is 0. The number of fused-ring (bicyclic) bond motifs is 2. The molecule has 3 aromatic rings. The van der Waals surface area contributed by atoms with E-state index in [2.05, 4.69) is 15.2 Å². The lowest BCUT2D eigenvalue weighted by Crippen LogP contribution is -2.20. The maximum atomic E-state index is 12.8. The largest absolute Gasteiger partial charge is 0.492 e. The normalized spacial score (nSPS) is 13.1. The number of carbonyl (C=O) groups excluding carboxylic acids is 2. The third kappa shape index (κ3) is 2.51. The Labute approximate surface area is 150 Å². The number of aromatic amines is 1. The molecule has 1 aromatic heterocycles. The quantitative estimate of drug-likeness (QED) is 0.396. The zero-order valence-corrected chi connectivity index (χ0v) is 14.1. The maximum absolute atomic E-state index is 12.8. The van der Waals surface area contributed by atoms with Gasteiger partial charge in [0.2, 0.25) is 10.9 Å². The van der Waals surface area contributed by atoms with Crippen LogP contribution in [0.25, 0.3) is 0 Å². The van der Waals surface area contributed by atoms with Gasteiger partial charge in [-0.15, -0.1) is 10.2 Å². The lowest BCUT2D eigenvalue weighted by atomic mass is 9.83. The van der Waals surface area contributed by atoms with Crippen LogP contribution in [0.5, 0.6) is 5.88 Å². The molecule has 0 saturated carbocycles. The summed E-state index contributed by atoms with van der Waals surface area (Å²) in [5, 5.41) is 17.9. The molecule has 0 aliphatic heterocycles. The van der Waals surface area contributed by atoms with Gasteiger partial charge in [-0.3, -0.25) is 9.59 Å². The summed E-state index contributed by atoms with van der Waals surface area (Å²) in [6.45, 7) is 0. The van der Waals surface area contributed by atoms with Gasteiger partial charge in [0.25, 0.3) is 0 Å². The van der Waals surface area contributed by atoms with Crippen molar-refractivity contribution in [3.05, 3.63) is 68.7 Å². The average molecular weight is 367 g/mol. The van der Waals surface area contributed by atoms with Gasteiger partial charge in [0.1, 0.15) is 0 Å². The fourth-order valence-electron chi connectivity index (χ4n) is 2.69. The van der Waals surface area contributed by atoms with Crippen LogP contribution >= 0.6 is 23.6 Å². The standard InChI is InChI=1S/C17H9N3O3S2/c21-13-8-4-1-2-5-9(8)14(22)12-10(13)6-3-7-11(12)19-20-16-15(23)18-17(24)25-16/h1-7,23H,(H,18,24). The van der Waals surface area contributed by atoms with E-state index < -0.39 is 0 Å². The van der Waals surface area contributed by atoms with E-state index in [1.807, 2.05) is 0 Å². The van der Waals surface area contributed by atoms with E-state index in [0.717, 1.165) is 11.3 Å². The van der Waals surface area contributed by atoms with Crippen LogP contribution in [0.15, 0.2) is 52.7 Å². The highest BCUT2D eigenvalue weighted by atomic mass is 32.1. The van der Waals surface area contributed by atoms with Gasteiger partial charge in [-0.25, -0.2) is 0 Å². The van der Waals surface area contributed by atoms with Crippen LogP contribution in [0.1, 0.15) is 31.8 Å². The molecule has 1 heterocycles. The number of thiazole rings is 1. The minimum absolute atomic E-state index is 0.184. The highest BCUT2D eigenvalue weighted by molar-refractivity contribution is 7.73. The van der Waals surface area contributed by atoms with Crippen LogP contribution in [0, 0.1) is 3.95 Å². The molecule has 0 fully saturated rings. The van der Waals surface area contributed by atoms with Crippen LogP contribution in [-0.4, -0.2) is 21.7 Å². The molecular formula is C17H9N3O3S2. The van der Waals surface area contributed by atoms with E-state index in [4.69, 9.17) is 12.2 Å². The average Bonchev–Trinajstić information content (AvgIpc) is 2.95. The Hall–Kier alpha value is -2.97. The number of nitrogens with one attached hydrogen (secondary N) is 1. The van der Waals surface area contributed by atoms with E-state index in [-0.39, 0.29) is 33.7 Å². The van der Waals surface area contributed by atoms with Gasteiger partial charge in [0, 0.05) is 16.7 Å². The van der Waals surface area contributed by atoms with E-state index >= 15 is 0 Å². The van der Waals surface area contributed by atoms with Gasteiger partial charge in [-0.2, -0.15) is 0 Å². The van der Waals surface area contributed by atoms with Gasteiger partial charge >= 0.3 is 0 Å². The van der Waals surface area contributed by atoms with Crippen molar-refractivity contribution in [2.24, 2.45) is 10.2 Å². The number of nitrogens with zero attached hydrogens (tertiary/aromatic N) is 2. The number of carbonyl (C=O) groups is 2. The number of benzene rings is 2. The molecule has 0 saturated heterocycles. The molecule has 122 valence electrons. The summed E-state index contributed by atoms with van der Waals surface area (Å²) >= 11 is 5.99. The van der Waals surface area contributed by atoms with Crippen LogP contribution < -0.4 is 0 Å². The van der Waals surface area contributed by atoms with E-state index in [0.29, 0.717) is 20.6 Å². The molecule has 25 heavy (non-hydrogen) atoms. The highest BCUT2D eigenvalue weighted by Gasteiger charge is 2.31. The zero-order valence-electron chi connectivity index (χ0n) is 12.5. The number of rotatable bonds is 2. The smallest absolute Gasteiger partial charge is 0.229 e. The fourth-order valence-corrected chi connectivity index (χ4v) is 3.58. The minimum Gasteiger partial charge on any atom is -0.492 e. The predicted octanol–water partition coefficient (Wildman–Crippen LogP) is 4.70. The number of hydrogen-bond acceptors (Lipinski definition) is 7. The van der Waals surface area contributed by atoms with E-state index in [1.165, 1.54) is 0 Å². The number of hydrogen-bond donors (Lipinski definition) is 2. The molecule has 0 radical (unpaired) electrons. The Kier molecular flexibility index (Phi) is 3.63. The second-order valence-corrected chi connectivity index (χ2v) is 6.94. The monoisotopic (exact) mass is 367 g/mol. The molecule has 0 unspecified atom stereocenters. The topological polar surface area (TPSA) is 94.9 Å². The maximum Gasteiger partial charge on any atom is 0.229 e. The van der Waals surface area contributed by atoms with Gasteiger partial charge in [0.05, 0.1) is 11.3 Å². The fraction of sp³-hybridized carbons (Fsp3) is 0. The van der Waals surface area contributed by atoms with Gasteiger partial charge in [-0.05, 0) is 18.3 Å². The summed E-state index contributed by atoms with van der Waals surface area (Å²) in [6, 6.07) is 11.5. The highest BCUT2D eigenvalue weighted by Crippen LogP contribution is 2.36. The first-order valence-electron chi connectivity index (χ1n) is 7.21. The first-order chi connectivity index (χ1) is 12.1. The number of aromatic hydroxyl groups is 1. The molecule has 4 rings (SSSR count). The van der Waals surface area contributed by atoms with Crippen molar-refractivity contribution < 1.29 is 14.7 Å². The first-order valence-corrected chi connectivity index (χ1v) is 8.44. The van der Waals surface area contributed by atoms with Crippen LogP contribution in [-0.2, 0) is 0 Å². The van der Waals surface area contributed by atoms with Crippen molar-refractivity contribution in [2.75, 3.05) is 0 Å². The number of aromatic nitrogens is 1. The molecule has 0 bridgehead atoms. The van der Waals surface area contributed by atoms with Crippen LogP contribution in [0.4, 0.5) is 10.7 Å². The molecule has 0 atom stereocenters. The van der Waals surface area contributed by atoms with Crippen molar-refractivity contribution in [1.82, 2.24) is 4.98 Å².